The van der Waals surface area contributed by atoms with Gasteiger partial charge in [-0.25, -0.2) is 4.79 Å². The fourth-order valence-corrected chi connectivity index (χ4v) is 0.503. The van der Waals surface area contributed by atoms with E-state index in [2.05, 4.69) is 0 Å². The van der Waals surface area contributed by atoms with E-state index in [0.717, 1.165) is 0 Å². The van der Waals surface area contributed by atoms with Crippen LogP contribution in [0.3, 0.4) is 0 Å². The first kappa shape index (κ1) is 8.70. The van der Waals surface area contributed by atoms with Crippen molar-refractivity contribution in [3.63, 3.8) is 0 Å². The topological polar surface area (TPSA) is 61.1 Å². The van der Waals surface area contributed by atoms with E-state index in [1.165, 1.54) is 0 Å². The van der Waals surface area contributed by atoms with Gasteiger partial charge in [-0.3, -0.25) is 0 Å². The lowest BCUT2D eigenvalue weighted by Gasteiger charge is -1.94. The molecule has 0 saturated heterocycles. The summed E-state index contributed by atoms with van der Waals surface area (Å²) in [5.41, 5.74) is 0.484. The van der Waals surface area contributed by atoms with Crippen molar-refractivity contribution in [2.45, 2.75) is 20.3 Å². The van der Waals surface area contributed by atoms with Crippen LogP contribution in [0.15, 0.2) is 11.1 Å². The van der Waals surface area contributed by atoms with Crippen molar-refractivity contribution in [2.75, 3.05) is 0 Å². The highest BCUT2D eigenvalue weighted by Gasteiger charge is 2.07. The number of hydrogen-bond donors (Lipinski definition) is 1. The lowest BCUT2D eigenvalue weighted by molar-refractivity contribution is -0.132. The Bertz CT molecular complexity index is 210. The molecule has 3 nitrogen and oxygen atoms in total. The van der Waals surface area contributed by atoms with Crippen LogP contribution >= 0.6 is 0 Å². The van der Waals surface area contributed by atoms with Gasteiger partial charge in [0.2, 0.25) is 0 Å². The number of carbonyl (C=O) groups is 1. The summed E-state index contributed by atoms with van der Waals surface area (Å²) in [6, 6.07) is 1.63. The Kier molecular flexibility index (Phi) is 3.20. The van der Waals surface area contributed by atoms with Gasteiger partial charge in [0, 0.05) is 0 Å². The minimum atomic E-state index is -1.14. The summed E-state index contributed by atoms with van der Waals surface area (Å²) in [7, 11) is 0. The molecule has 0 fully saturated rings. The molecule has 0 aromatic rings. The van der Waals surface area contributed by atoms with Crippen molar-refractivity contribution in [1.82, 2.24) is 0 Å². The highest BCUT2D eigenvalue weighted by molar-refractivity contribution is 5.91. The Morgan fingerprint density at radius 1 is 1.70 bits per heavy atom. The van der Waals surface area contributed by atoms with Gasteiger partial charge < -0.3 is 5.11 Å². The maximum Gasteiger partial charge on any atom is 0.346 e. The first-order valence-corrected chi connectivity index (χ1v) is 2.96. The average Bonchev–Trinajstić information content (AvgIpc) is 1.88. The van der Waals surface area contributed by atoms with E-state index in [1.807, 2.05) is 6.92 Å². The molecule has 0 amide bonds. The van der Waals surface area contributed by atoms with Crippen LogP contribution in [0.1, 0.15) is 20.3 Å². The first-order chi connectivity index (χ1) is 4.63. The number of nitriles is 1. The second-order valence-corrected chi connectivity index (χ2v) is 1.93. The number of rotatable bonds is 2. The zero-order valence-electron chi connectivity index (χ0n) is 6.01. The summed E-state index contributed by atoms with van der Waals surface area (Å²) in [5.74, 6) is -1.14. The lowest BCUT2D eigenvalue weighted by Crippen LogP contribution is -2.00. The van der Waals surface area contributed by atoms with Crippen LogP contribution in [-0.4, -0.2) is 11.1 Å². The van der Waals surface area contributed by atoms with Gasteiger partial charge in [-0.1, -0.05) is 6.92 Å². The predicted molar refractivity (Wildman–Crippen MR) is 36.2 cm³/mol. The van der Waals surface area contributed by atoms with Gasteiger partial charge in [-0.05, 0) is 18.9 Å². The van der Waals surface area contributed by atoms with Crippen LogP contribution in [0.2, 0.25) is 0 Å². The average molecular weight is 139 g/mol. The zero-order chi connectivity index (χ0) is 8.15. The molecule has 3 heteroatoms. The van der Waals surface area contributed by atoms with Crippen LogP contribution in [-0.2, 0) is 4.79 Å². The van der Waals surface area contributed by atoms with Gasteiger partial charge in [-0.2, -0.15) is 5.26 Å². The largest absolute Gasteiger partial charge is 0.477 e. The molecule has 0 aliphatic rings. The summed E-state index contributed by atoms with van der Waals surface area (Å²) in [6.45, 7) is 3.46. The van der Waals surface area contributed by atoms with Gasteiger partial charge in [0.1, 0.15) is 11.6 Å². The SMILES string of the molecule is CC/C(C)=C(/C#N)C(=O)O. The van der Waals surface area contributed by atoms with Gasteiger partial charge in [0.15, 0.2) is 0 Å². The molecule has 0 aliphatic carbocycles. The van der Waals surface area contributed by atoms with Crippen molar-refractivity contribution < 1.29 is 9.90 Å². The maximum atomic E-state index is 10.3. The molecule has 0 atom stereocenters. The number of aliphatic carboxylic acids is 1. The monoisotopic (exact) mass is 139 g/mol. The highest BCUT2D eigenvalue weighted by Crippen LogP contribution is 2.06. The number of allylic oxidation sites excluding steroid dienone is 1. The normalized spacial score (nSPS) is 11.7. The Morgan fingerprint density at radius 2 is 2.20 bits per heavy atom. The zero-order valence-corrected chi connectivity index (χ0v) is 6.01. The Balaban J connectivity index is 4.68. The Morgan fingerprint density at radius 3 is 2.30 bits per heavy atom. The van der Waals surface area contributed by atoms with Crippen LogP contribution in [0.5, 0.6) is 0 Å². The van der Waals surface area contributed by atoms with Crippen LogP contribution in [0.25, 0.3) is 0 Å². The van der Waals surface area contributed by atoms with Crippen molar-refractivity contribution in [3.05, 3.63) is 11.1 Å². The Hall–Kier alpha value is -1.30. The third-order valence-corrected chi connectivity index (χ3v) is 1.28. The van der Waals surface area contributed by atoms with Crippen LogP contribution < -0.4 is 0 Å². The molecule has 0 unspecified atom stereocenters. The molecule has 54 valence electrons. The quantitative estimate of drug-likeness (QED) is 0.463. The van der Waals surface area contributed by atoms with Gasteiger partial charge in [0.05, 0.1) is 0 Å². The summed E-state index contributed by atoms with van der Waals surface area (Å²) in [6.07, 6.45) is 0.606. The van der Waals surface area contributed by atoms with Gasteiger partial charge >= 0.3 is 5.97 Å². The molecule has 0 bridgehead atoms. The van der Waals surface area contributed by atoms with E-state index in [1.54, 1.807) is 13.0 Å². The first-order valence-electron chi connectivity index (χ1n) is 2.96. The number of nitrogens with zero attached hydrogens (tertiary/aromatic N) is 1. The Labute approximate surface area is 59.6 Å². The number of carboxylic acids is 1. The van der Waals surface area contributed by atoms with Gasteiger partial charge in [0.25, 0.3) is 0 Å². The van der Waals surface area contributed by atoms with E-state index >= 15 is 0 Å². The van der Waals surface area contributed by atoms with Crippen LogP contribution in [0.4, 0.5) is 0 Å². The molecule has 0 aromatic heterocycles. The van der Waals surface area contributed by atoms with Crippen LogP contribution in [0, 0.1) is 11.3 Å². The number of hydrogen-bond acceptors (Lipinski definition) is 2. The minimum absolute atomic E-state index is 0.137. The number of carboxylic acid groups (broad SMARTS) is 1. The summed E-state index contributed by atoms with van der Waals surface area (Å²) >= 11 is 0. The van der Waals surface area contributed by atoms with E-state index in [0.29, 0.717) is 12.0 Å². The van der Waals surface area contributed by atoms with E-state index in [-0.39, 0.29) is 5.57 Å². The molecule has 10 heavy (non-hydrogen) atoms. The van der Waals surface area contributed by atoms with Crippen molar-refractivity contribution in [3.8, 4) is 6.07 Å². The third-order valence-electron chi connectivity index (χ3n) is 1.28. The van der Waals surface area contributed by atoms with Crippen molar-refractivity contribution >= 4 is 5.97 Å². The molecule has 0 aliphatic heterocycles. The standard InChI is InChI=1S/C7H9NO2/c1-3-5(2)6(4-8)7(9)10/h3H2,1-2H3,(H,9,10)/b6-5-. The third kappa shape index (κ3) is 1.90. The smallest absolute Gasteiger partial charge is 0.346 e. The van der Waals surface area contributed by atoms with E-state index in [9.17, 15) is 4.79 Å². The molecule has 0 rings (SSSR count). The molecule has 0 radical (unpaired) electrons. The van der Waals surface area contributed by atoms with E-state index in [4.69, 9.17) is 10.4 Å². The fraction of sp³-hybridized carbons (Fsp3) is 0.429. The second-order valence-electron chi connectivity index (χ2n) is 1.93. The molecule has 0 aromatic carbocycles. The fourth-order valence-electron chi connectivity index (χ4n) is 0.503. The summed E-state index contributed by atoms with van der Waals surface area (Å²) < 4.78 is 0. The second kappa shape index (κ2) is 3.67. The minimum Gasteiger partial charge on any atom is -0.477 e. The molecular weight excluding hydrogens is 130 g/mol. The summed E-state index contributed by atoms with van der Waals surface area (Å²) in [5, 5.41) is 16.7. The molecule has 0 heterocycles. The highest BCUT2D eigenvalue weighted by atomic mass is 16.4. The molecular formula is C7H9NO2. The summed E-state index contributed by atoms with van der Waals surface area (Å²) in [4.78, 5) is 10.3. The predicted octanol–water partition coefficient (Wildman–Crippen LogP) is 1.32. The molecule has 1 N–H and O–H groups in total. The van der Waals surface area contributed by atoms with E-state index < -0.39 is 5.97 Å². The van der Waals surface area contributed by atoms with Gasteiger partial charge in [-0.15, -0.1) is 0 Å². The van der Waals surface area contributed by atoms with Crippen molar-refractivity contribution in [2.24, 2.45) is 0 Å². The lowest BCUT2D eigenvalue weighted by atomic mass is 10.1. The molecule has 0 spiro atoms. The molecule has 0 saturated carbocycles. The maximum absolute atomic E-state index is 10.3. The van der Waals surface area contributed by atoms with Crippen molar-refractivity contribution in [1.29, 1.82) is 5.26 Å².